The summed E-state index contributed by atoms with van der Waals surface area (Å²) >= 11 is 6.63. The van der Waals surface area contributed by atoms with E-state index in [9.17, 15) is 0 Å². The van der Waals surface area contributed by atoms with E-state index >= 15 is 0 Å². The van der Waals surface area contributed by atoms with Gasteiger partial charge in [-0.3, -0.25) is 0 Å². The van der Waals surface area contributed by atoms with Crippen LogP contribution in [0, 0.1) is 0 Å². The zero-order valence-corrected chi connectivity index (χ0v) is 6.28. The van der Waals surface area contributed by atoms with Gasteiger partial charge in [-0.1, -0.05) is 11.3 Å². The molecule has 0 amide bonds. The summed E-state index contributed by atoms with van der Waals surface area (Å²) in [6, 6.07) is 0. The van der Waals surface area contributed by atoms with Crippen molar-refractivity contribution in [3.8, 4) is 0 Å². The van der Waals surface area contributed by atoms with Crippen LogP contribution in [0.5, 0.6) is 0 Å². The second-order valence-corrected chi connectivity index (χ2v) is 3.16. The Labute approximate surface area is 61.3 Å². The summed E-state index contributed by atoms with van der Waals surface area (Å²) in [6.45, 7) is 1.62. The van der Waals surface area contributed by atoms with Crippen molar-refractivity contribution in [3.05, 3.63) is 9.47 Å². The van der Waals surface area contributed by atoms with Crippen LogP contribution in [0.25, 0.3) is 0 Å². The summed E-state index contributed by atoms with van der Waals surface area (Å²) in [5.74, 6) is 0. The van der Waals surface area contributed by atoms with E-state index in [1.807, 2.05) is 0 Å². The third-order valence-electron chi connectivity index (χ3n) is 0.773. The molecule has 5 heteroatoms. The fraction of sp³-hybridized carbons (Fsp3) is 0.500. The van der Waals surface area contributed by atoms with Crippen molar-refractivity contribution < 1.29 is 5.11 Å². The Balaban J connectivity index is 2.85. The van der Waals surface area contributed by atoms with E-state index in [0.29, 0.717) is 9.47 Å². The van der Waals surface area contributed by atoms with E-state index in [2.05, 4.69) is 10.2 Å². The molecule has 1 N–H and O–H groups in total. The highest BCUT2D eigenvalue weighted by Gasteiger charge is 2.05. The van der Waals surface area contributed by atoms with Crippen molar-refractivity contribution in [1.29, 1.82) is 0 Å². The quantitative estimate of drug-likeness (QED) is 0.680. The predicted octanol–water partition coefficient (Wildman–Crippen LogP) is 1.24. The zero-order chi connectivity index (χ0) is 6.85. The maximum absolute atomic E-state index is 8.89. The standard InChI is InChI=1S/C4H5ClN2OS/c1-2(8)3-6-7-4(5)9-3/h2,8H,1H3/t2-/m0/s1. The Morgan fingerprint density at radius 1 is 1.67 bits per heavy atom. The number of halogens is 1. The first kappa shape index (κ1) is 6.92. The lowest BCUT2D eigenvalue weighted by atomic mass is 10.4. The monoisotopic (exact) mass is 164 g/mol. The number of aliphatic hydroxyl groups excluding tert-OH is 1. The fourth-order valence-corrected chi connectivity index (χ4v) is 1.17. The van der Waals surface area contributed by atoms with E-state index in [1.54, 1.807) is 6.92 Å². The van der Waals surface area contributed by atoms with Crippen molar-refractivity contribution in [2.24, 2.45) is 0 Å². The minimum atomic E-state index is -0.560. The molecular weight excluding hydrogens is 160 g/mol. The lowest BCUT2D eigenvalue weighted by Crippen LogP contribution is -1.88. The second-order valence-electron chi connectivity index (χ2n) is 1.57. The van der Waals surface area contributed by atoms with Crippen LogP contribution in [0.1, 0.15) is 18.0 Å². The number of aromatic nitrogens is 2. The molecule has 0 aliphatic carbocycles. The highest BCUT2D eigenvalue weighted by Crippen LogP contribution is 2.20. The predicted molar refractivity (Wildman–Crippen MR) is 35.6 cm³/mol. The molecule has 0 aliphatic rings. The molecule has 3 nitrogen and oxygen atoms in total. The van der Waals surface area contributed by atoms with Gasteiger partial charge in [0.1, 0.15) is 11.1 Å². The number of rotatable bonds is 1. The SMILES string of the molecule is C[C@H](O)c1nnc(Cl)s1. The topological polar surface area (TPSA) is 46.0 Å². The molecule has 1 atom stereocenters. The van der Waals surface area contributed by atoms with E-state index < -0.39 is 6.10 Å². The molecule has 0 bridgehead atoms. The van der Waals surface area contributed by atoms with Gasteiger partial charge in [-0.15, -0.1) is 10.2 Å². The minimum absolute atomic E-state index is 0.367. The van der Waals surface area contributed by atoms with E-state index in [-0.39, 0.29) is 0 Å². The molecule has 0 aliphatic heterocycles. The average Bonchev–Trinajstić information content (AvgIpc) is 2.14. The van der Waals surface area contributed by atoms with Gasteiger partial charge in [0.05, 0.1) is 0 Å². The number of hydrogen-bond acceptors (Lipinski definition) is 4. The van der Waals surface area contributed by atoms with Gasteiger partial charge in [-0.25, -0.2) is 0 Å². The first-order valence-electron chi connectivity index (χ1n) is 2.37. The molecule has 0 aromatic carbocycles. The fourth-order valence-electron chi connectivity index (χ4n) is 0.385. The normalized spacial score (nSPS) is 13.7. The van der Waals surface area contributed by atoms with Gasteiger partial charge in [0.15, 0.2) is 0 Å². The van der Waals surface area contributed by atoms with Crippen LogP contribution in [0.2, 0.25) is 4.47 Å². The van der Waals surface area contributed by atoms with Crippen LogP contribution >= 0.6 is 22.9 Å². The van der Waals surface area contributed by atoms with Crippen molar-refractivity contribution in [2.45, 2.75) is 13.0 Å². The molecule has 1 rings (SSSR count). The van der Waals surface area contributed by atoms with Crippen LogP contribution in [-0.4, -0.2) is 15.3 Å². The highest BCUT2D eigenvalue weighted by molar-refractivity contribution is 7.15. The van der Waals surface area contributed by atoms with Crippen LogP contribution in [0.15, 0.2) is 0 Å². The molecule has 9 heavy (non-hydrogen) atoms. The average molecular weight is 165 g/mol. The smallest absolute Gasteiger partial charge is 0.207 e. The summed E-state index contributed by atoms with van der Waals surface area (Å²) in [7, 11) is 0. The van der Waals surface area contributed by atoms with Gasteiger partial charge in [0, 0.05) is 0 Å². The molecule has 1 heterocycles. The van der Waals surface area contributed by atoms with Crippen LogP contribution in [-0.2, 0) is 0 Å². The maximum Gasteiger partial charge on any atom is 0.207 e. The van der Waals surface area contributed by atoms with Gasteiger partial charge < -0.3 is 5.11 Å². The summed E-state index contributed by atoms with van der Waals surface area (Å²) in [4.78, 5) is 0. The molecule has 1 aromatic rings. The molecule has 0 fully saturated rings. The van der Waals surface area contributed by atoms with Crippen LogP contribution in [0.4, 0.5) is 0 Å². The third kappa shape index (κ3) is 1.61. The Morgan fingerprint density at radius 2 is 2.33 bits per heavy atom. The van der Waals surface area contributed by atoms with Gasteiger partial charge in [-0.2, -0.15) is 0 Å². The number of aliphatic hydroxyl groups is 1. The molecule has 0 saturated carbocycles. The summed E-state index contributed by atoms with van der Waals surface area (Å²) in [5, 5.41) is 16.6. The first-order chi connectivity index (χ1) is 4.20. The zero-order valence-electron chi connectivity index (χ0n) is 4.71. The lowest BCUT2D eigenvalue weighted by molar-refractivity contribution is 0.198. The van der Waals surface area contributed by atoms with Crippen molar-refractivity contribution in [2.75, 3.05) is 0 Å². The number of nitrogens with zero attached hydrogens (tertiary/aromatic N) is 2. The summed E-state index contributed by atoms with van der Waals surface area (Å²) < 4.78 is 0.367. The van der Waals surface area contributed by atoms with Crippen molar-refractivity contribution in [3.63, 3.8) is 0 Å². The van der Waals surface area contributed by atoms with Gasteiger partial charge in [0.2, 0.25) is 4.47 Å². The van der Waals surface area contributed by atoms with Crippen molar-refractivity contribution >= 4 is 22.9 Å². The maximum atomic E-state index is 8.89. The van der Waals surface area contributed by atoms with Crippen LogP contribution in [0.3, 0.4) is 0 Å². The third-order valence-corrected chi connectivity index (χ3v) is 1.96. The molecule has 0 radical (unpaired) electrons. The molecule has 0 unspecified atom stereocenters. The minimum Gasteiger partial charge on any atom is -0.386 e. The van der Waals surface area contributed by atoms with Gasteiger partial charge in [-0.05, 0) is 18.5 Å². The molecule has 0 spiro atoms. The van der Waals surface area contributed by atoms with Gasteiger partial charge in [0.25, 0.3) is 0 Å². The molecule has 50 valence electrons. The number of hydrogen-bond donors (Lipinski definition) is 1. The highest BCUT2D eigenvalue weighted by atomic mass is 35.5. The molecule has 1 aromatic heterocycles. The Bertz CT molecular complexity index is 200. The second kappa shape index (κ2) is 2.60. The lowest BCUT2D eigenvalue weighted by Gasteiger charge is -1.92. The summed E-state index contributed by atoms with van der Waals surface area (Å²) in [5.41, 5.74) is 0. The van der Waals surface area contributed by atoms with Gasteiger partial charge >= 0.3 is 0 Å². The Morgan fingerprint density at radius 3 is 2.56 bits per heavy atom. The van der Waals surface area contributed by atoms with Crippen LogP contribution < -0.4 is 0 Å². The molecular formula is C4H5ClN2OS. The van der Waals surface area contributed by atoms with E-state index in [4.69, 9.17) is 16.7 Å². The summed E-state index contributed by atoms with van der Waals surface area (Å²) in [6.07, 6.45) is -0.560. The molecule has 0 saturated heterocycles. The largest absolute Gasteiger partial charge is 0.386 e. The first-order valence-corrected chi connectivity index (χ1v) is 3.56. The van der Waals surface area contributed by atoms with Crippen molar-refractivity contribution in [1.82, 2.24) is 10.2 Å². The Kier molecular flexibility index (Phi) is 2.00. The van der Waals surface area contributed by atoms with E-state index in [0.717, 1.165) is 0 Å². The Hall–Kier alpha value is -0.190. The van der Waals surface area contributed by atoms with E-state index in [1.165, 1.54) is 11.3 Å².